The third kappa shape index (κ3) is 4.10. The molecule has 2 aromatic carbocycles. The highest BCUT2D eigenvalue weighted by atomic mass is 16.3. The molecule has 2 aromatic rings. The molecule has 3 aliphatic rings. The van der Waals surface area contributed by atoms with Crippen molar-refractivity contribution in [3.8, 4) is 0 Å². The summed E-state index contributed by atoms with van der Waals surface area (Å²) >= 11 is 0. The van der Waals surface area contributed by atoms with Crippen molar-refractivity contribution in [2.45, 2.75) is 36.8 Å². The minimum Gasteiger partial charge on any atom is -0.385 e. The van der Waals surface area contributed by atoms with E-state index >= 15 is 0 Å². The number of urea groups is 1. The number of nitrogens with zero attached hydrogens (tertiary/aromatic N) is 2. The van der Waals surface area contributed by atoms with Gasteiger partial charge in [0.05, 0.1) is 6.42 Å². The fourth-order valence-corrected chi connectivity index (χ4v) is 4.89. The summed E-state index contributed by atoms with van der Waals surface area (Å²) in [5, 5.41) is 14.5. The summed E-state index contributed by atoms with van der Waals surface area (Å²) in [5.41, 5.74) is 0.944. The number of hydrogen-bond donors (Lipinski definition) is 2. The van der Waals surface area contributed by atoms with Crippen molar-refractivity contribution in [2.75, 3.05) is 26.2 Å². The molecule has 2 aliphatic heterocycles. The molecule has 6 nitrogen and oxygen atoms in total. The zero-order chi connectivity index (χ0) is 21.4. The van der Waals surface area contributed by atoms with Gasteiger partial charge in [0.2, 0.25) is 5.91 Å². The maximum absolute atomic E-state index is 12.8. The van der Waals surface area contributed by atoms with Crippen molar-refractivity contribution in [1.29, 1.82) is 0 Å². The van der Waals surface area contributed by atoms with E-state index in [1.54, 1.807) is 4.90 Å². The molecule has 6 heteroatoms. The highest BCUT2D eigenvalue weighted by Crippen LogP contribution is 2.41. The first-order valence-electron chi connectivity index (χ1n) is 11.2. The molecule has 3 fully saturated rings. The van der Waals surface area contributed by atoms with Crippen molar-refractivity contribution < 1.29 is 14.7 Å². The number of piperidine rings is 1. The summed E-state index contributed by atoms with van der Waals surface area (Å²) in [6, 6.07) is 20.2. The minimum absolute atomic E-state index is 0.0515. The fourth-order valence-electron chi connectivity index (χ4n) is 4.89. The standard InChI is InChI=1S/C25H29N3O3/c29-23-14-25(31,20-9-5-2-6-10-20)11-12-28(23)24(30)27-16-18(17-27)15-26-22-13-21(22)19-7-3-1-4-8-19/h1-10,18,21-22,26,31H,11-17H2/t21-,22+,25?/m0/s1. The third-order valence-electron chi connectivity index (χ3n) is 6.95. The molecule has 162 valence electrons. The molecule has 1 saturated carbocycles. The van der Waals surface area contributed by atoms with Crippen LogP contribution in [-0.4, -0.2) is 59.1 Å². The Kier molecular flexibility index (Phi) is 5.28. The molecule has 0 radical (unpaired) electrons. The fraction of sp³-hybridized carbons (Fsp3) is 0.440. The van der Waals surface area contributed by atoms with Crippen LogP contribution in [0.4, 0.5) is 4.79 Å². The summed E-state index contributed by atoms with van der Waals surface area (Å²) in [5.74, 6) is 0.739. The molecule has 3 atom stereocenters. The molecule has 5 rings (SSSR count). The van der Waals surface area contributed by atoms with Crippen molar-refractivity contribution in [3.05, 3.63) is 71.8 Å². The normalized spacial score (nSPS) is 28.4. The minimum atomic E-state index is -1.18. The van der Waals surface area contributed by atoms with Gasteiger partial charge in [0.1, 0.15) is 5.60 Å². The molecule has 3 amide bonds. The Bertz CT molecular complexity index is 945. The summed E-state index contributed by atoms with van der Waals surface area (Å²) in [6.07, 6.45) is 1.49. The highest BCUT2D eigenvalue weighted by Gasteiger charge is 2.44. The van der Waals surface area contributed by atoms with Crippen molar-refractivity contribution >= 4 is 11.9 Å². The molecule has 2 heterocycles. The van der Waals surface area contributed by atoms with Crippen LogP contribution in [0, 0.1) is 5.92 Å². The van der Waals surface area contributed by atoms with Crippen LogP contribution in [0.25, 0.3) is 0 Å². The van der Waals surface area contributed by atoms with Crippen LogP contribution >= 0.6 is 0 Å². The maximum Gasteiger partial charge on any atom is 0.326 e. The molecule has 2 N–H and O–H groups in total. The number of rotatable bonds is 5. The van der Waals surface area contributed by atoms with Crippen LogP contribution in [0.3, 0.4) is 0 Å². The highest BCUT2D eigenvalue weighted by molar-refractivity contribution is 5.95. The Balaban J connectivity index is 1.07. The van der Waals surface area contributed by atoms with Crippen LogP contribution in [-0.2, 0) is 10.4 Å². The van der Waals surface area contributed by atoms with E-state index in [0.717, 1.165) is 12.1 Å². The van der Waals surface area contributed by atoms with Gasteiger partial charge in [-0.2, -0.15) is 0 Å². The number of nitrogens with one attached hydrogen (secondary N) is 1. The van der Waals surface area contributed by atoms with Crippen molar-refractivity contribution in [3.63, 3.8) is 0 Å². The van der Waals surface area contributed by atoms with Gasteiger partial charge >= 0.3 is 6.03 Å². The molecular formula is C25H29N3O3. The number of aliphatic hydroxyl groups is 1. The summed E-state index contributed by atoms with van der Waals surface area (Å²) in [4.78, 5) is 28.5. The number of amides is 3. The van der Waals surface area contributed by atoms with Crippen LogP contribution in [0.15, 0.2) is 60.7 Å². The lowest BCUT2D eigenvalue weighted by atomic mass is 9.84. The second kappa shape index (κ2) is 8.09. The van der Waals surface area contributed by atoms with Crippen LogP contribution in [0.5, 0.6) is 0 Å². The number of carbonyl (C=O) groups is 2. The lowest BCUT2D eigenvalue weighted by molar-refractivity contribution is -0.141. The van der Waals surface area contributed by atoms with Crippen molar-refractivity contribution in [2.24, 2.45) is 5.92 Å². The molecule has 0 bridgehead atoms. The molecule has 31 heavy (non-hydrogen) atoms. The number of carbonyl (C=O) groups excluding carboxylic acids is 2. The Morgan fingerprint density at radius 2 is 1.74 bits per heavy atom. The van der Waals surface area contributed by atoms with Gasteiger partial charge in [0.25, 0.3) is 0 Å². The largest absolute Gasteiger partial charge is 0.385 e. The van der Waals surface area contributed by atoms with E-state index in [4.69, 9.17) is 0 Å². The number of imide groups is 1. The first-order valence-corrected chi connectivity index (χ1v) is 11.2. The van der Waals surface area contributed by atoms with Gasteiger partial charge in [-0.3, -0.25) is 9.69 Å². The lowest BCUT2D eigenvalue weighted by Gasteiger charge is -2.44. The van der Waals surface area contributed by atoms with E-state index in [2.05, 4.69) is 29.6 Å². The Hall–Kier alpha value is -2.70. The molecule has 2 saturated heterocycles. The number of hydrogen-bond acceptors (Lipinski definition) is 4. The van der Waals surface area contributed by atoms with Gasteiger partial charge in [-0.05, 0) is 24.0 Å². The monoisotopic (exact) mass is 419 g/mol. The average molecular weight is 420 g/mol. The quantitative estimate of drug-likeness (QED) is 0.782. The maximum atomic E-state index is 12.8. The van der Waals surface area contributed by atoms with Crippen LogP contribution in [0.2, 0.25) is 0 Å². The smallest absolute Gasteiger partial charge is 0.326 e. The van der Waals surface area contributed by atoms with Gasteiger partial charge < -0.3 is 15.3 Å². The number of likely N-dealkylation sites (tertiary alicyclic amines) is 2. The Morgan fingerprint density at radius 1 is 1.06 bits per heavy atom. The average Bonchev–Trinajstić information content (AvgIpc) is 3.53. The first kappa shape index (κ1) is 20.2. The van der Waals surface area contributed by atoms with Crippen LogP contribution in [0.1, 0.15) is 36.3 Å². The molecule has 1 aliphatic carbocycles. The van der Waals surface area contributed by atoms with E-state index in [0.29, 0.717) is 37.4 Å². The molecule has 1 unspecified atom stereocenters. The van der Waals surface area contributed by atoms with Gasteiger partial charge in [0, 0.05) is 44.1 Å². The van der Waals surface area contributed by atoms with E-state index in [-0.39, 0.29) is 24.9 Å². The number of benzene rings is 2. The summed E-state index contributed by atoms with van der Waals surface area (Å²) in [6.45, 7) is 2.52. The Labute approximate surface area is 182 Å². The SMILES string of the molecule is O=C1CC(O)(c2ccccc2)CCN1C(=O)N1CC(CN[C@@H]2C[C@H]2c2ccccc2)C1. The van der Waals surface area contributed by atoms with E-state index in [1.165, 1.54) is 16.9 Å². The van der Waals surface area contributed by atoms with Gasteiger partial charge in [0.15, 0.2) is 0 Å². The second-order valence-corrected chi connectivity index (χ2v) is 9.19. The predicted octanol–water partition coefficient (Wildman–Crippen LogP) is 2.69. The zero-order valence-electron chi connectivity index (χ0n) is 17.6. The van der Waals surface area contributed by atoms with E-state index in [1.807, 2.05) is 36.4 Å². The summed E-state index contributed by atoms with van der Waals surface area (Å²) < 4.78 is 0. The third-order valence-corrected chi connectivity index (χ3v) is 6.95. The van der Waals surface area contributed by atoms with E-state index < -0.39 is 5.60 Å². The Morgan fingerprint density at radius 3 is 2.42 bits per heavy atom. The van der Waals surface area contributed by atoms with Crippen LogP contribution < -0.4 is 5.32 Å². The van der Waals surface area contributed by atoms with Gasteiger partial charge in [-0.1, -0.05) is 60.7 Å². The van der Waals surface area contributed by atoms with Gasteiger partial charge in [-0.15, -0.1) is 0 Å². The zero-order valence-corrected chi connectivity index (χ0v) is 17.6. The summed E-state index contributed by atoms with van der Waals surface area (Å²) in [7, 11) is 0. The van der Waals surface area contributed by atoms with Gasteiger partial charge in [-0.25, -0.2) is 4.79 Å². The molecular weight excluding hydrogens is 390 g/mol. The topological polar surface area (TPSA) is 72.9 Å². The first-order chi connectivity index (χ1) is 15.0. The van der Waals surface area contributed by atoms with Crippen molar-refractivity contribution in [1.82, 2.24) is 15.1 Å². The molecule has 0 aromatic heterocycles. The molecule has 0 spiro atoms. The van der Waals surface area contributed by atoms with E-state index in [9.17, 15) is 14.7 Å². The lowest BCUT2D eigenvalue weighted by Crippen LogP contribution is -2.60. The second-order valence-electron chi connectivity index (χ2n) is 9.19. The predicted molar refractivity (Wildman–Crippen MR) is 117 cm³/mol.